The van der Waals surface area contributed by atoms with Crippen LogP contribution in [0.25, 0.3) is 81.7 Å². The maximum absolute atomic E-state index is 6.32. The van der Waals surface area contributed by atoms with Crippen molar-refractivity contribution in [2.24, 2.45) is 0 Å². The van der Waals surface area contributed by atoms with Crippen LogP contribution in [0.4, 0.5) is 34.1 Å². The van der Waals surface area contributed by atoms with E-state index in [4.69, 9.17) is 4.42 Å². The molecule has 0 saturated carbocycles. The van der Waals surface area contributed by atoms with E-state index in [2.05, 4.69) is 240 Å². The van der Waals surface area contributed by atoms with Gasteiger partial charge in [-0.3, -0.25) is 0 Å². The fourth-order valence-electron chi connectivity index (χ4n) is 10.4. The quantitative estimate of drug-likeness (QED) is 0.142. The van der Waals surface area contributed by atoms with Crippen LogP contribution in [-0.4, -0.2) is 0 Å². The number of furan rings is 1. The lowest BCUT2D eigenvalue weighted by atomic mass is 9.91. The van der Waals surface area contributed by atoms with Gasteiger partial charge in [0.05, 0.1) is 17.1 Å². The summed E-state index contributed by atoms with van der Waals surface area (Å²) in [4.78, 5) is 4.74. The second kappa shape index (κ2) is 16.0. The van der Waals surface area contributed by atoms with Crippen LogP contribution >= 0.6 is 0 Å². The summed E-state index contributed by atoms with van der Waals surface area (Å²) in [5.41, 5.74) is 13.0. The number of rotatable bonds is 8. The third-order valence-electron chi connectivity index (χ3n) is 13.5. The summed E-state index contributed by atoms with van der Waals surface area (Å²) in [5.74, 6) is 0. The topological polar surface area (TPSA) is 19.6 Å². The molecule has 1 aliphatic rings. The Morgan fingerprint density at radius 2 is 1.07 bits per heavy atom. The second-order valence-electron chi connectivity index (χ2n) is 17.4. The molecule has 0 bridgehead atoms. The number of nitrogens with zero attached hydrogens (tertiary/aromatic N) is 2. The molecule has 1 heterocycles. The van der Waals surface area contributed by atoms with Crippen molar-refractivity contribution in [2.75, 3.05) is 9.80 Å². The van der Waals surface area contributed by atoms with Gasteiger partial charge in [0.15, 0.2) is 0 Å². The highest BCUT2D eigenvalue weighted by molar-refractivity contribution is 6.31. The number of anilines is 6. The lowest BCUT2D eigenvalue weighted by Gasteiger charge is -2.28. The van der Waals surface area contributed by atoms with E-state index in [1.54, 1.807) is 0 Å². The SMILES string of the molecule is c1c(N(c2ccc3oc4ccccc4c3c2)c2ccccc2C2=CC=CCC2)cc2c(c#1)c1ccc3cc(N(c4ccccc4)c4ccccc4-c4ccccc4)ccc3c1c1ccccc21. The smallest absolute Gasteiger partial charge is 0.135 e. The molecular formula is C64H42N2O. The molecule has 1 aliphatic carbocycles. The van der Waals surface area contributed by atoms with Gasteiger partial charge in [0.2, 0.25) is 0 Å². The van der Waals surface area contributed by atoms with E-state index in [1.807, 2.05) is 12.1 Å². The standard InChI is InChI=1S/C64H42N2O/c1-4-18-43(19-5-1)50-24-12-15-29-60(50)65(46-22-8-3-9-23-46)47-33-37-52-45(40-47)32-36-57-54-38-34-48(41-58(54)53-26-10-11-28-56(53)64(52)57)66(61-30-16-13-25-51(61)44-20-6-2-7-21-44)49-35-39-63-59(42-49)55-27-14-17-31-62(55)67-63/h1-6,8-20,22-33,35-37,39-42H,7,21H2. The van der Waals surface area contributed by atoms with Gasteiger partial charge >= 0.3 is 0 Å². The van der Waals surface area contributed by atoms with Gasteiger partial charge in [-0.25, -0.2) is 0 Å². The molecule has 0 unspecified atom stereocenters. The third-order valence-corrected chi connectivity index (χ3v) is 13.5. The van der Waals surface area contributed by atoms with Gasteiger partial charge in [0.25, 0.3) is 0 Å². The lowest BCUT2D eigenvalue weighted by molar-refractivity contribution is 0.669. The summed E-state index contributed by atoms with van der Waals surface area (Å²) in [6.45, 7) is 0. The van der Waals surface area contributed by atoms with Crippen LogP contribution in [-0.2, 0) is 0 Å². The Balaban J connectivity index is 1.00. The maximum atomic E-state index is 6.32. The summed E-state index contributed by atoms with van der Waals surface area (Å²) < 4.78 is 6.32. The Bertz CT molecular complexity index is 3920. The number of hydrogen-bond donors (Lipinski definition) is 0. The molecule has 0 fully saturated rings. The highest BCUT2D eigenvalue weighted by Gasteiger charge is 2.23. The first-order valence-corrected chi connectivity index (χ1v) is 23.1. The average Bonchev–Trinajstić information content (AvgIpc) is 3.78. The number of fused-ring (bicyclic) bond motifs is 11. The Morgan fingerprint density at radius 1 is 0.418 bits per heavy atom. The van der Waals surface area contributed by atoms with Gasteiger partial charge < -0.3 is 14.2 Å². The van der Waals surface area contributed by atoms with Gasteiger partial charge in [-0.2, -0.15) is 0 Å². The lowest BCUT2D eigenvalue weighted by Crippen LogP contribution is -2.12. The molecular weight excluding hydrogens is 813 g/mol. The first kappa shape index (κ1) is 38.6. The number of allylic oxidation sites excluding steroid dienone is 4. The van der Waals surface area contributed by atoms with Crippen LogP contribution < -0.4 is 9.80 Å². The Labute approximate surface area is 389 Å². The van der Waals surface area contributed by atoms with Crippen molar-refractivity contribution in [3.8, 4) is 11.1 Å². The molecule has 0 atom stereocenters. The summed E-state index contributed by atoms with van der Waals surface area (Å²) >= 11 is 0. The van der Waals surface area contributed by atoms with Gasteiger partial charge in [0.1, 0.15) is 11.2 Å². The zero-order valence-corrected chi connectivity index (χ0v) is 36.7. The van der Waals surface area contributed by atoms with E-state index in [9.17, 15) is 0 Å². The summed E-state index contributed by atoms with van der Waals surface area (Å²) in [6.07, 6.45) is 8.70. The number of hydrogen-bond acceptors (Lipinski definition) is 3. The maximum Gasteiger partial charge on any atom is 0.135 e. The van der Waals surface area contributed by atoms with Crippen molar-refractivity contribution in [2.45, 2.75) is 12.8 Å². The first-order chi connectivity index (χ1) is 33.2. The van der Waals surface area contributed by atoms with Crippen LogP contribution in [0.2, 0.25) is 0 Å². The summed E-state index contributed by atoms with van der Waals surface area (Å²) in [6, 6.07) is 83.9. The predicted molar refractivity (Wildman–Crippen MR) is 283 cm³/mol. The van der Waals surface area contributed by atoms with E-state index in [1.165, 1.54) is 49.2 Å². The fraction of sp³-hybridized carbons (Fsp3) is 0.0312. The number of para-hydroxylation sites is 4. The molecule has 12 aromatic rings. The Hall–Kier alpha value is -8.84. The first-order valence-electron chi connectivity index (χ1n) is 23.1. The summed E-state index contributed by atoms with van der Waals surface area (Å²) in [7, 11) is 0. The van der Waals surface area contributed by atoms with Crippen molar-refractivity contribution in [3.05, 3.63) is 248 Å². The minimum atomic E-state index is 0.869. The molecule has 0 radical (unpaired) electrons. The molecule has 0 saturated heterocycles. The minimum Gasteiger partial charge on any atom is -0.456 e. The third kappa shape index (κ3) is 6.53. The van der Waals surface area contributed by atoms with Crippen LogP contribution in [0.15, 0.2) is 235 Å². The van der Waals surface area contributed by atoms with Crippen molar-refractivity contribution in [1.82, 2.24) is 0 Å². The molecule has 0 N–H and O–H groups in total. The van der Waals surface area contributed by atoms with Crippen molar-refractivity contribution < 1.29 is 4.42 Å². The zero-order valence-electron chi connectivity index (χ0n) is 36.7. The Kier molecular flexibility index (Phi) is 9.22. The van der Waals surface area contributed by atoms with E-state index >= 15 is 0 Å². The molecule has 13 rings (SSSR count). The molecule has 3 nitrogen and oxygen atoms in total. The Morgan fingerprint density at radius 3 is 1.90 bits per heavy atom. The van der Waals surface area contributed by atoms with Crippen LogP contribution in [0.1, 0.15) is 18.4 Å². The molecule has 3 heteroatoms. The molecule has 0 amide bonds. The minimum absolute atomic E-state index is 0.869. The van der Waals surface area contributed by atoms with Gasteiger partial charge in [-0.15, -0.1) is 0 Å². The van der Waals surface area contributed by atoms with Crippen molar-refractivity contribution >= 4 is 105 Å². The second-order valence-corrected chi connectivity index (χ2v) is 17.4. The molecule has 67 heavy (non-hydrogen) atoms. The highest BCUT2D eigenvalue weighted by Crippen LogP contribution is 2.47. The van der Waals surface area contributed by atoms with E-state index in [0.29, 0.717) is 0 Å². The predicted octanol–water partition coefficient (Wildman–Crippen LogP) is 18.1. The van der Waals surface area contributed by atoms with E-state index < -0.39 is 0 Å². The molecule has 1 aromatic heterocycles. The van der Waals surface area contributed by atoms with Crippen LogP contribution in [0, 0.1) is 12.1 Å². The molecule has 0 aliphatic heterocycles. The summed E-state index contributed by atoms with van der Waals surface area (Å²) in [5, 5.41) is 11.5. The molecule has 0 spiro atoms. The monoisotopic (exact) mass is 854 g/mol. The molecule has 314 valence electrons. The van der Waals surface area contributed by atoms with Gasteiger partial charge in [-0.05, 0) is 129 Å². The fourth-order valence-corrected chi connectivity index (χ4v) is 10.4. The largest absolute Gasteiger partial charge is 0.456 e. The highest BCUT2D eigenvalue weighted by atomic mass is 16.3. The average molecular weight is 855 g/mol. The van der Waals surface area contributed by atoms with E-state index in [-0.39, 0.29) is 0 Å². The molecule has 11 aromatic carbocycles. The number of benzene rings is 10. The van der Waals surface area contributed by atoms with Gasteiger partial charge in [0, 0.05) is 49.7 Å². The van der Waals surface area contributed by atoms with Crippen LogP contribution in [0.3, 0.4) is 0 Å². The van der Waals surface area contributed by atoms with Gasteiger partial charge in [-0.1, -0.05) is 170 Å². The van der Waals surface area contributed by atoms with Crippen molar-refractivity contribution in [3.63, 3.8) is 0 Å². The zero-order chi connectivity index (χ0) is 44.3. The van der Waals surface area contributed by atoms with Crippen molar-refractivity contribution in [1.29, 1.82) is 0 Å². The normalized spacial score (nSPS) is 12.6. The van der Waals surface area contributed by atoms with Crippen LogP contribution in [0.5, 0.6) is 0 Å². The van der Waals surface area contributed by atoms with E-state index in [0.717, 1.165) is 85.1 Å².